The molecule has 2 aromatic rings. The first-order valence-electron chi connectivity index (χ1n) is 5.39. The van der Waals surface area contributed by atoms with Crippen molar-refractivity contribution in [2.45, 2.75) is 4.90 Å². The van der Waals surface area contributed by atoms with Gasteiger partial charge in [0.2, 0.25) is 10.0 Å². The summed E-state index contributed by atoms with van der Waals surface area (Å²) >= 11 is 3.19. The van der Waals surface area contributed by atoms with Gasteiger partial charge >= 0.3 is 0 Å². The van der Waals surface area contributed by atoms with Crippen molar-refractivity contribution < 1.29 is 13.2 Å². The third-order valence-corrected chi connectivity index (χ3v) is 4.13. The fourth-order valence-electron chi connectivity index (χ4n) is 1.54. The molecule has 3 N–H and O–H groups in total. The second-order valence-electron chi connectivity index (χ2n) is 4.03. The maximum Gasteiger partial charge on any atom is 0.273 e. The van der Waals surface area contributed by atoms with E-state index in [1.54, 1.807) is 11.6 Å². The van der Waals surface area contributed by atoms with Crippen molar-refractivity contribution in [3.8, 4) is 0 Å². The Kier molecular flexibility index (Phi) is 3.93. The molecule has 0 fully saturated rings. The number of halogens is 1. The molecule has 0 saturated carbocycles. The van der Waals surface area contributed by atoms with Gasteiger partial charge in [-0.2, -0.15) is 0 Å². The number of primary sulfonamides is 1. The van der Waals surface area contributed by atoms with Gasteiger partial charge in [0, 0.05) is 11.5 Å². The van der Waals surface area contributed by atoms with Crippen LogP contribution in [0.2, 0.25) is 0 Å². The van der Waals surface area contributed by atoms with E-state index >= 15 is 0 Å². The number of aryl methyl sites for hydroxylation is 1. The number of imidazole rings is 1. The molecule has 1 amide bonds. The largest absolute Gasteiger partial charge is 0.330 e. The van der Waals surface area contributed by atoms with Crippen LogP contribution in [0.4, 0.5) is 5.69 Å². The number of carbonyl (C=O) groups is 1. The summed E-state index contributed by atoms with van der Waals surface area (Å²) in [6, 6.07) is 4.10. The predicted octanol–water partition coefficient (Wildman–Crippen LogP) is 1.08. The van der Waals surface area contributed by atoms with E-state index in [4.69, 9.17) is 5.14 Å². The highest BCUT2D eigenvalue weighted by Crippen LogP contribution is 2.25. The van der Waals surface area contributed by atoms with Crippen LogP contribution in [0.3, 0.4) is 0 Å². The number of aromatic nitrogens is 2. The molecule has 20 heavy (non-hydrogen) atoms. The van der Waals surface area contributed by atoms with Gasteiger partial charge in [0.1, 0.15) is 5.69 Å². The average Bonchev–Trinajstić information content (AvgIpc) is 2.76. The monoisotopic (exact) mass is 358 g/mol. The number of nitrogens with two attached hydrogens (primary N) is 1. The van der Waals surface area contributed by atoms with E-state index in [9.17, 15) is 13.2 Å². The summed E-state index contributed by atoms with van der Waals surface area (Å²) in [5, 5.41) is 7.68. The first-order chi connectivity index (χ1) is 9.29. The maximum absolute atomic E-state index is 12.0. The summed E-state index contributed by atoms with van der Waals surface area (Å²) in [6.07, 6.45) is 2.94. The van der Waals surface area contributed by atoms with Gasteiger partial charge in [0.25, 0.3) is 5.91 Å². The molecule has 0 aliphatic carbocycles. The molecular weight excluding hydrogens is 348 g/mol. The zero-order valence-electron chi connectivity index (χ0n) is 10.4. The van der Waals surface area contributed by atoms with Crippen LogP contribution in [0, 0.1) is 0 Å². The highest BCUT2D eigenvalue weighted by Gasteiger charge is 2.14. The van der Waals surface area contributed by atoms with Gasteiger partial charge in [-0.05, 0) is 34.1 Å². The predicted molar refractivity (Wildman–Crippen MR) is 76.7 cm³/mol. The van der Waals surface area contributed by atoms with E-state index in [2.05, 4.69) is 26.2 Å². The molecule has 1 aromatic carbocycles. The van der Waals surface area contributed by atoms with Gasteiger partial charge in [-0.1, -0.05) is 0 Å². The minimum absolute atomic E-state index is 0.0390. The quantitative estimate of drug-likeness (QED) is 0.855. The van der Waals surface area contributed by atoms with E-state index in [0.717, 1.165) is 0 Å². The van der Waals surface area contributed by atoms with Gasteiger partial charge < -0.3 is 9.88 Å². The molecule has 0 saturated heterocycles. The van der Waals surface area contributed by atoms with Crippen LogP contribution in [0.1, 0.15) is 10.5 Å². The van der Waals surface area contributed by atoms with Crippen molar-refractivity contribution in [2.75, 3.05) is 5.32 Å². The Hall–Kier alpha value is -1.71. The van der Waals surface area contributed by atoms with Crippen molar-refractivity contribution in [1.82, 2.24) is 9.55 Å². The third-order valence-electron chi connectivity index (χ3n) is 2.57. The van der Waals surface area contributed by atoms with Gasteiger partial charge in [0.05, 0.1) is 23.1 Å². The number of hydrogen-bond donors (Lipinski definition) is 2. The van der Waals surface area contributed by atoms with Crippen LogP contribution < -0.4 is 10.5 Å². The minimum Gasteiger partial charge on any atom is -0.330 e. The number of carbonyl (C=O) groups excluding carboxylic acids is 1. The molecule has 0 aliphatic rings. The summed E-state index contributed by atoms with van der Waals surface area (Å²) < 4.78 is 24.4. The first-order valence-corrected chi connectivity index (χ1v) is 7.73. The van der Waals surface area contributed by atoms with E-state index < -0.39 is 10.0 Å². The molecule has 0 spiro atoms. The number of hydrogen-bond acceptors (Lipinski definition) is 4. The lowest BCUT2D eigenvalue weighted by Crippen LogP contribution is -2.16. The van der Waals surface area contributed by atoms with Crippen LogP contribution in [0.25, 0.3) is 0 Å². The summed E-state index contributed by atoms with van der Waals surface area (Å²) in [4.78, 5) is 15.8. The third kappa shape index (κ3) is 3.06. The number of anilines is 1. The second-order valence-corrected chi connectivity index (χ2v) is 6.45. The van der Waals surface area contributed by atoms with Gasteiger partial charge in [0.15, 0.2) is 0 Å². The number of sulfonamides is 1. The Balaban J connectivity index is 2.27. The molecule has 7 nitrogen and oxygen atoms in total. The molecule has 1 heterocycles. The Labute approximate surface area is 124 Å². The SMILES string of the molecule is Cn1cncc1C(=O)Nc1ccc(S(N)(=O)=O)cc1Br. The molecule has 2 rings (SSSR count). The lowest BCUT2D eigenvalue weighted by atomic mass is 10.3. The van der Waals surface area contributed by atoms with Gasteiger partial charge in [-0.15, -0.1) is 0 Å². The van der Waals surface area contributed by atoms with E-state index in [1.165, 1.54) is 30.7 Å². The summed E-state index contributed by atoms with van der Waals surface area (Å²) in [6.45, 7) is 0. The standard InChI is InChI=1S/C11H11BrN4O3S/c1-16-6-14-5-10(16)11(17)15-9-3-2-7(4-8(9)12)20(13,18)19/h2-6H,1H3,(H,15,17)(H2,13,18,19). The zero-order chi connectivity index (χ0) is 14.9. The van der Waals surface area contributed by atoms with Crippen LogP contribution in [-0.4, -0.2) is 23.9 Å². The minimum atomic E-state index is -3.78. The molecule has 1 aromatic heterocycles. The fourth-order valence-corrected chi connectivity index (χ4v) is 2.71. The topological polar surface area (TPSA) is 107 Å². The highest BCUT2D eigenvalue weighted by molar-refractivity contribution is 9.10. The van der Waals surface area contributed by atoms with Crippen LogP contribution >= 0.6 is 15.9 Å². The van der Waals surface area contributed by atoms with Crippen LogP contribution in [0.15, 0.2) is 40.1 Å². The Morgan fingerprint density at radius 3 is 2.65 bits per heavy atom. The van der Waals surface area contributed by atoms with Crippen molar-refractivity contribution in [1.29, 1.82) is 0 Å². The number of benzene rings is 1. The molecule has 0 unspecified atom stereocenters. The Bertz CT molecular complexity index is 770. The smallest absolute Gasteiger partial charge is 0.273 e. The number of amides is 1. The Morgan fingerprint density at radius 2 is 2.15 bits per heavy atom. The molecule has 0 atom stereocenters. The van der Waals surface area contributed by atoms with E-state index in [-0.39, 0.29) is 10.8 Å². The lowest BCUT2D eigenvalue weighted by Gasteiger charge is -2.08. The summed E-state index contributed by atoms with van der Waals surface area (Å²) in [7, 11) is -2.08. The van der Waals surface area contributed by atoms with Crippen molar-refractivity contribution >= 4 is 37.5 Å². The lowest BCUT2D eigenvalue weighted by molar-refractivity contribution is 0.101. The summed E-state index contributed by atoms with van der Waals surface area (Å²) in [5.74, 6) is -0.353. The zero-order valence-corrected chi connectivity index (χ0v) is 12.8. The molecular formula is C11H11BrN4O3S. The van der Waals surface area contributed by atoms with Gasteiger partial charge in [-0.3, -0.25) is 4.79 Å². The molecule has 0 bridgehead atoms. The molecule has 0 aliphatic heterocycles. The van der Waals surface area contributed by atoms with E-state index in [0.29, 0.717) is 15.9 Å². The average molecular weight is 359 g/mol. The summed E-state index contributed by atoms with van der Waals surface area (Å²) in [5.41, 5.74) is 0.816. The van der Waals surface area contributed by atoms with Crippen LogP contribution in [-0.2, 0) is 17.1 Å². The highest BCUT2D eigenvalue weighted by atomic mass is 79.9. The number of nitrogens with one attached hydrogen (secondary N) is 1. The van der Waals surface area contributed by atoms with E-state index in [1.807, 2.05) is 0 Å². The Morgan fingerprint density at radius 1 is 1.45 bits per heavy atom. The number of nitrogens with zero attached hydrogens (tertiary/aromatic N) is 2. The van der Waals surface area contributed by atoms with Crippen LogP contribution in [0.5, 0.6) is 0 Å². The maximum atomic E-state index is 12.0. The molecule has 9 heteroatoms. The normalized spacial score (nSPS) is 11.3. The molecule has 106 valence electrons. The van der Waals surface area contributed by atoms with Gasteiger partial charge in [-0.25, -0.2) is 18.5 Å². The fraction of sp³-hybridized carbons (Fsp3) is 0.0909. The van der Waals surface area contributed by atoms with Crippen molar-refractivity contribution in [2.24, 2.45) is 12.2 Å². The second kappa shape index (κ2) is 5.35. The van der Waals surface area contributed by atoms with Crippen molar-refractivity contribution in [3.63, 3.8) is 0 Å². The first kappa shape index (κ1) is 14.7. The van der Waals surface area contributed by atoms with Crippen molar-refractivity contribution in [3.05, 3.63) is 40.9 Å². The molecule has 0 radical (unpaired) electrons. The number of rotatable bonds is 3.